The number of carbonyl (C=O) groups is 1. The zero-order valence-electron chi connectivity index (χ0n) is 11.3. The fourth-order valence-electron chi connectivity index (χ4n) is 2.60. The topological polar surface area (TPSA) is 58.4 Å². The summed E-state index contributed by atoms with van der Waals surface area (Å²) in [4.78, 5) is 13.3. The van der Waals surface area contributed by atoms with Crippen LogP contribution in [-0.2, 0) is 18.4 Å². The molecular weight excluding hydrogens is 230 g/mol. The largest absolute Gasteiger partial charge is 0.481 e. The Morgan fingerprint density at radius 2 is 2.33 bits per heavy atom. The molecule has 1 saturated heterocycles. The SMILES string of the molecule is Cc1c(CN2CCC(C(=O)O)CC2C)cnn1C. The number of aryl methyl sites for hydroxylation is 1. The van der Waals surface area contributed by atoms with E-state index in [2.05, 4.69) is 23.8 Å². The lowest BCUT2D eigenvalue weighted by molar-refractivity contribution is -0.144. The molecule has 18 heavy (non-hydrogen) atoms. The van der Waals surface area contributed by atoms with Gasteiger partial charge >= 0.3 is 5.97 Å². The monoisotopic (exact) mass is 251 g/mol. The van der Waals surface area contributed by atoms with E-state index in [1.165, 1.54) is 11.3 Å². The van der Waals surface area contributed by atoms with Gasteiger partial charge < -0.3 is 5.11 Å². The van der Waals surface area contributed by atoms with Crippen molar-refractivity contribution in [3.8, 4) is 0 Å². The maximum Gasteiger partial charge on any atom is 0.306 e. The van der Waals surface area contributed by atoms with E-state index in [4.69, 9.17) is 5.11 Å². The van der Waals surface area contributed by atoms with E-state index in [0.29, 0.717) is 6.04 Å². The zero-order valence-corrected chi connectivity index (χ0v) is 11.3. The molecule has 1 aliphatic heterocycles. The van der Waals surface area contributed by atoms with E-state index in [1.807, 2.05) is 17.9 Å². The third-order valence-electron chi connectivity index (χ3n) is 4.07. The molecule has 0 aliphatic carbocycles. The molecule has 0 aromatic carbocycles. The number of carboxylic acids is 1. The van der Waals surface area contributed by atoms with E-state index in [9.17, 15) is 4.79 Å². The van der Waals surface area contributed by atoms with Crippen LogP contribution in [-0.4, -0.2) is 38.3 Å². The minimum absolute atomic E-state index is 0.175. The van der Waals surface area contributed by atoms with Crippen LogP contribution in [0, 0.1) is 12.8 Å². The summed E-state index contributed by atoms with van der Waals surface area (Å²) >= 11 is 0. The molecule has 2 unspecified atom stereocenters. The van der Waals surface area contributed by atoms with Crippen molar-refractivity contribution < 1.29 is 9.90 Å². The van der Waals surface area contributed by atoms with Gasteiger partial charge in [0, 0.05) is 30.9 Å². The predicted molar refractivity (Wildman–Crippen MR) is 68.2 cm³/mol. The highest BCUT2D eigenvalue weighted by Crippen LogP contribution is 2.25. The number of hydrogen-bond donors (Lipinski definition) is 1. The van der Waals surface area contributed by atoms with Crippen molar-refractivity contribution in [1.29, 1.82) is 0 Å². The van der Waals surface area contributed by atoms with Gasteiger partial charge in [-0.25, -0.2) is 0 Å². The standard InChI is InChI=1S/C13H21N3O2/c1-9-6-11(13(17)18)4-5-16(9)8-12-7-14-15(3)10(12)2/h7,9,11H,4-6,8H2,1-3H3,(H,17,18). The number of aromatic nitrogens is 2. The molecule has 5 heteroatoms. The highest BCUT2D eigenvalue weighted by Gasteiger charge is 2.29. The van der Waals surface area contributed by atoms with E-state index < -0.39 is 5.97 Å². The Hall–Kier alpha value is -1.36. The van der Waals surface area contributed by atoms with Crippen LogP contribution in [0.1, 0.15) is 31.0 Å². The molecule has 1 fully saturated rings. The summed E-state index contributed by atoms with van der Waals surface area (Å²) in [7, 11) is 1.94. The van der Waals surface area contributed by atoms with Crippen molar-refractivity contribution in [3.63, 3.8) is 0 Å². The molecule has 2 atom stereocenters. The van der Waals surface area contributed by atoms with Gasteiger partial charge in [0.1, 0.15) is 0 Å². The van der Waals surface area contributed by atoms with Crippen LogP contribution in [0.3, 0.4) is 0 Å². The van der Waals surface area contributed by atoms with Crippen molar-refractivity contribution >= 4 is 5.97 Å². The Kier molecular flexibility index (Phi) is 3.71. The van der Waals surface area contributed by atoms with Crippen molar-refractivity contribution in [1.82, 2.24) is 14.7 Å². The maximum absolute atomic E-state index is 11.0. The molecule has 0 spiro atoms. The van der Waals surface area contributed by atoms with Gasteiger partial charge in [0.05, 0.1) is 12.1 Å². The maximum atomic E-state index is 11.0. The number of carboxylic acid groups (broad SMARTS) is 1. The van der Waals surface area contributed by atoms with Crippen molar-refractivity contribution in [2.45, 2.75) is 39.3 Å². The van der Waals surface area contributed by atoms with Crippen LogP contribution >= 0.6 is 0 Å². The Morgan fingerprint density at radius 1 is 1.61 bits per heavy atom. The van der Waals surface area contributed by atoms with Gasteiger partial charge in [0.2, 0.25) is 0 Å². The summed E-state index contributed by atoms with van der Waals surface area (Å²) in [6.07, 6.45) is 3.40. The Bertz CT molecular complexity index is 441. The molecule has 5 nitrogen and oxygen atoms in total. The molecule has 1 aromatic heterocycles. The number of hydrogen-bond acceptors (Lipinski definition) is 3. The lowest BCUT2D eigenvalue weighted by Gasteiger charge is -2.36. The van der Waals surface area contributed by atoms with Crippen LogP contribution in [0.15, 0.2) is 6.20 Å². The van der Waals surface area contributed by atoms with Gasteiger partial charge in [-0.05, 0) is 33.2 Å². The Labute approximate surface area is 107 Å². The lowest BCUT2D eigenvalue weighted by Crippen LogP contribution is -2.42. The quantitative estimate of drug-likeness (QED) is 0.882. The third-order valence-corrected chi connectivity index (χ3v) is 4.07. The van der Waals surface area contributed by atoms with Crippen molar-refractivity contribution in [3.05, 3.63) is 17.5 Å². The normalized spacial score (nSPS) is 25.3. The second-order valence-corrected chi connectivity index (χ2v) is 5.26. The molecule has 0 amide bonds. The molecule has 0 saturated carbocycles. The van der Waals surface area contributed by atoms with E-state index in [1.54, 1.807) is 0 Å². The molecule has 100 valence electrons. The van der Waals surface area contributed by atoms with Crippen LogP contribution < -0.4 is 0 Å². The number of likely N-dealkylation sites (tertiary alicyclic amines) is 1. The van der Waals surface area contributed by atoms with E-state index in [-0.39, 0.29) is 5.92 Å². The second-order valence-electron chi connectivity index (χ2n) is 5.26. The van der Waals surface area contributed by atoms with Crippen molar-refractivity contribution in [2.75, 3.05) is 6.54 Å². The van der Waals surface area contributed by atoms with Crippen LogP contribution in [0.5, 0.6) is 0 Å². The highest BCUT2D eigenvalue weighted by atomic mass is 16.4. The molecular formula is C13H21N3O2. The number of rotatable bonds is 3. The highest BCUT2D eigenvalue weighted by molar-refractivity contribution is 5.70. The molecule has 1 aliphatic rings. The first-order valence-corrected chi connectivity index (χ1v) is 6.43. The van der Waals surface area contributed by atoms with Crippen molar-refractivity contribution in [2.24, 2.45) is 13.0 Å². The number of nitrogens with zero attached hydrogens (tertiary/aromatic N) is 3. The fourth-order valence-corrected chi connectivity index (χ4v) is 2.60. The Morgan fingerprint density at radius 3 is 2.83 bits per heavy atom. The molecule has 2 heterocycles. The van der Waals surface area contributed by atoms with Gasteiger partial charge in [0.15, 0.2) is 0 Å². The minimum Gasteiger partial charge on any atom is -0.481 e. The lowest BCUT2D eigenvalue weighted by atomic mass is 9.91. The van der Waals surface area contributed by atoms with Gasteiger partial charge in [-0.15, -0.1) is 0 Å². The molecule has 0 radical (unpaired) electrons. The van der Waals surface area contributed by atoms with Gasteiger partial charge in [0.25, 0.3) is 0 Å². The third kappa shape index (κ3) is 2.56. The van der Waals surface area contributed by atoms with Gasteiger partial charge in [-0.1, -0.05) is 0 Å². The first-order chi connectivity index (χ1) is 8.49. The smallest absolute Gasteiger partial charge is 0.306 e. The fraction of sp³-hybridized carbons (Fsp3) is 0.692. The summed E-state index contributed by atoms with van der Waals surface area (Å²) in [6, 6.07) is 0.319. The average Bonchev–Trinajstić information content (AvgIpc) is 2.63. The molecule has 1 aromatic rings. The minimum atomic E-state index is -0.654. The molecule has 0 bridgehead atoms. The van der Waals surface area contributed by atoms with E-state index in [0.717, 1.165) is 25.9 Å². The second kappa shape index (κ2) is 5.10. The number of piperidine rings is 1. The van der Waals surface area contributed by atoms with Gasteiger partial charge in [-0.2, -0.15) is 5.10 Å². The summed E-state index contributed by atoms with van der Waals surface area (Å²) in [6.45, 7) is 5.90. The van der Waals surface area contributed by atoms with Gasteiger partial charge in [-0.3, -0.25) is 14.4 Å². The van der Waals surface area contributed by atoms with Crippen LogP contribution in [0.2, 0.25) is 0 Å². The summed E-state index contributed by atoms with van der Waals surface area (Å²) in [5.74, 6) is -0.828. The molecule has 2 rings (SSSR count). The Balaban J connectivity index is 1.99. The van der Waals surface area contributed by atoms with Crippen LogP contribution in [0.4, 0.5) is 0 Å². The summed E-state index contributed by atoms with van der Waals surface area (Å²) in [5.41, 5.74) is 2.42. The average molecular weight is 251 g/mol. The first kappa shape index (κ1) is 13.1. The first-order valence-electron chi connectivity index (χ1n) is 6.43. The molecule has 1 N–H and O–H groups in total. The van der Waals surface area contributed by atoms with Crippen LogP contribution in [0.25, 0.3) is 0 Å². The summed E-state index contributed by atoms with van der Waals surface area (Å²) in [5, 5.41) is 13.3. The summed E-state index contributed by atoms with van der Waals surface area (Å²) < 4.78 is 1.88. The number of aliphatic carboxylic acids is 1. The van der Waals surface area contributed by atoms with E-state index >= 15 is 0 Å². The predicted octanol–water partition coefficient (Wildman–Crippen LogP) is 1.41. The zero-order chi connectivity index (χ0) is 13.3.